The summed E-state index contributed by atoms with van der Waals surface area (Å²) in [6, 6.07) is 9.48. The number of carbonyl (C=O) groups is 1. The van der Waals surface area contributed by atoms with Gasteiger partial charge in [0.25, 0.3) is 0 Å². The number of fused-ring (bicyclic) bond motifs is 1. The van der Waals surface area contributed by atoms with Gasteiger partial charge >= 0.3 is 0 Å². The van der Waals surface area contributed by atoms with Gasteiger partial charge in [0.1, 0.15) is 17.1 Å². The van der Waals surface area contributed by atoms with Gasteiger partial charge in [0, 0.05) is 24.1 Å². The molecule has 0 atom stereocenters. The van der Waals surface area contributed by atoms with Crippen molar-refractivity contribution < 1.29 is 18.3 Å². The van der Waals surface area contributed by atoms with E-state index in [4.69, 9.17) is 4.74 Å². The summed E-state index contributed by atoms with van der Waals surface area (Å²) < 4.78 is 33.1. The molecule has 0 fully saturated rings. The zero-order chi connectivity index (χ0) is 21.0. The number of halogens is 3. The van der Waals surface area contributed by atoms with E-state index in [9.17, 15) is 13.6 Å². The van der Waals surface area contributed by atoms with Gasteiger partial charge in [0.2, 0.25) is 5.91 Å². The number of hydrogen-bond donors (Lipinski definition) is 0. The highest BCUT2D eigenvalue weighted by molar-refractivity contribution is 8.00. The minimum atomic E-state index is -0.727. The summed E-state index contributed by atoms with van der Waals surface area (Å²) in [6.45, 7) is 1.02. The van der Waals surface area contributed by atoms with Crippen molar-refractivity contribution in [1.82, 2.24) is 9.88 Å². The van der Waals surface area contributed by atoms with Gasteiger partial charge in [-0.05, 0) is 44.4 Å². The third kappa shape index (κ3) is 6.04. The maximum Gasteiger partial charge on any atom is 0.239 e. The second-order valence-corrected chi connectivity index (χ2v) is 8.60. The molecule has 5 nitrogen and oxygen atoms in total. The van der Waals surface area contributed by atoms with Crippen molar-refractivity contribution in [1.29, 1.82) is 0 Å². The van der Waals surface area contributed by atoms with E-state index in [2.05, 4.69) is 4.98 Å². The zero-order valence-electron chi connectivity index (χ0n) is 16.7. The first-order chi connectivity index (χ1) is 13.9. The summed E-state index contributed by atoms with van der Waals surface area (Å²) in [5.41, 5.74) is 0.0804. The molecule has 162 valence electrons. The fraction of sp³-hybridized carbons (Fsp3) is 0.300. The first-order valence-electron chi connectivity index (χ1n) is 8.85. The van der Waals surface area contributed by atoms with Gasteiger partial charge in [0.05, 0.1) is 17.6 Å². The predicted molar refractivity (Wildman–Crippen MR) is 121 cm³/mol. The molecule has 0 N–H and O–H groups in total. The Balaban J connectivity index is 0.00000320. The number of anilines is 1. The first-order valence-corrected chi connectivity index (χ1v) is 10.6. The Labute approximate surface area is 188 Å². The average molecular weight is 474 g/mol. The number of aromatic nitrogens is 1. The lowest BCUT2D eigenvalue weighted by Gasteiger charge is -2.21. The second kappa shape index (κ2) is 10.9. The fourth-order valence-electron chi connectivity index (χ4n) is 2.58. The fourth-order valence-corrected chi connectivity index (χ4v) is 4.41. The van der Waals surface area contributed by atoms with Crippen LogP contribution in [0.5, 0.6) is 5.75 Å². The molecule has 2 aromatic carbocycles. The van der Waals surface area contributed by atoms with Crippen LogP contribution in [-0.4, -0.2) is 55.8 Å². The third-order valence-corrected chi connectivity index (χ3v) is 6.15. The number of thiazole rings is 1. The normalized spacial score (nSPS) is 10.9. The maximum absolute atomic E-state index is 14.0. The Bertz CT molecular complexity index is 1000. The van der Waals surface area contributed by atoms with Crippen LogP contribution in [0.2, 0.25) is 0 Å². The van der Waals surface area contributed by atoms with E-state index in [1.807, 2.05) is 43.3 Å². The molecule has 0 aliphatic carbocycles. The summed E-state index contributed by atoms with van der Waals surface area (Å²) in [5.74, 6) is -0.585. The van der Waals surface area contributed by atoms with Crippen molar-refractivity contribution in [2.24, 2.45) is 0 Å². The van der Waals surface area contributed by atoms with E-state index in [1.54, 1.807) is 12.0 Å². The van der Waals surface area contributed by atoms with Crippen molar-refractivity contribution in [3.05, 3.63) is 48.0 Å². The number of carbonyl (C=O) groups excluding carboxylic acids is 1. The lowest BCUT2D eigenvalue weighted by Crippen LogP contribution is -2.37. The monoisotopic (exact) mass is 473 g/mol. The van der Waals surface area contributed by atoms with Crippen LogP contribution in [0.25, 0.3) is 10.2 Å². The summed E-state index contributed by atoms with van der Waals surface area (Å²) in [5, 5.41) is 0.367. The number of benzene rings is 2. The quantitative estimate of drug-likeness (QED) is 0.444. The third-order valence-electron chi connectivity index (χ3n) is 4.13. The molecule has 30 heavy (non-hydrogen) atoms. The molecule has 0 saturated heterocycles. The summed E-state index contributed by atoms with van der Waals surface area (Å²) >= 11 is 2.51. The Hall–Kier alpha value is -1.94. The van der Waals surface area contributed by atoms with Crippen LogP contribution in [-0.2, 0) is 4.79 Å². The summed E-state index contributed by atoms with van der Waals surface area (Å²) in [4.78, 5) is 21.6. The lowest BCUT2D eigenvalue weighted by molar-refractivity contribution is -0.116. The van der Waals surface area contributed by atoms with Crippen LogP contribution in [0.15, 0.2) is 41.3 Å². The second-order valence-electron chi connectivity index (χ2n) is 6.54. The molecule has 0 unspecified atom stereocenters. The number of rotatable bonds is 8. The molecule has 3 aromatic rings. The smallest absolute Gasteiger partial charge is 0.239 e. The van der Waals surface area contributed by atoms with Gasteiger partial charge in [-0.15, -0.1) is 24.2 Å². The topological polar surface area (TPSA) is 45.7 Å². The molecular weight excluding hydrogens is 452 g/mol. The van der Waals surface area contributed by atoms with Crippen LogP contribution in [0.3, 0.4) is 0 Å². The van der Waals surface area contributed by atoms with E-state index in [1.165, 1.54) is 17.8 Å². The van der Waals surface area contributed by atoms with Gasteiger partial charge in [-0.3, -0.25) is 9.69 Å². The lowest BCUT2D eigenvalue weighted by atomic mass is 10.3. The Morgan fingerprint density at radius 3 is 2.50 bits per heavy atom. The number of amides is 1. The highest BCUT2D eigenvalue weighted by Crippen LogP contribution is 2.32. The van der Waals surface area contributed by atoms with E-state index in [-0.39, 0.29) is 29.6 Å². The average Bonchev–Trinajstić information content (AvgIpc) is 3.10. The van der Waals surface area contributed by atoms with Crippen LogP contribution in [0, 0.1) is 11.6 Å². The van der Waals surface area contributed by atoms with Crippen molar-refractivity contribution >= 4 is 56.8 Å². The zero-order valence-corrected chi connectivity index (χ0v) is 19.2. The van der Waals surface area contributed by atoms with Crippen LogP contribution < -0.4 is 9.64 Å². The number of hydrogen-bond acceptors (Lipinski definition) is 6. The molecule has 3 rings (SSSR count). The SMILES string of the molecule is COc1ccc(SCC(=O)N(CCN(C)C)c2nc3c(F)cc(F)cc3s2)cc1.Cl. The van der Waals surface area contributed by atoms with Gasteiger partial charge in [-0.2, -0.15) is 0 Å². The van der Waals surface area contributed by atoms with Crippen molar-refractivity contribution in [2.45, 2.75) is 4.90 Å². The molecule has 0 radical (unpaired) electrons. The predicted octanol–water partition coefficient (Wildman–Crippen LogP) is 4.69. The van der Waals surface area contributed by atoms with Crippen molar-refractivity contribution in [3.63, 3.8) is 0 Å². The minimum Gasteiger partial charge on any atom is -0.497 e. The molecule has 0 aliphatic heterocycles. The molecule has 0 spiro atoms. The number of methoxy groups -OCH3 is 1. The number of thioether (sulfide) groups is 1. The Morgan fingerprint density at radius 1 is 1.17 bits per heavy atom. The highest BCUT2D eigenvalue weighted by Gasteiger charge is 2.21. The molecule has 1 heterocycles. The molecule has 0 bridgehead atoms. The van der Waals surface area contributed by atoms with Crippen molar-refractivity contribution in [3.8, 4) is 5.75 Å². The Kier molecular flexibility index (Phi) is 8.84. The Morgan fingerprint density at radius 2 is 1.87 bits per heavy atom. The van der Waals surface area contributed by atoms with E-state index >= 15 is 0 Å². The van der Waals surface area contributed by atoms with Gasteiger partial charge in [0.15, 0.2) is 10.9 Å². The number of ether oxygens (including phenoxy) is 1. The van der Waals surface area contributed by atoms with Gasteiger partial charge in [-0.25, -0.2) is 13.8 Å². The molecule has 10 heteroatoms. The molecule has 0 aliphatic rings. The number of likely N-dealkylation sites (N-methyl/N-ethyl adjacent to an activating group) is 1. The van der Waals surface area contributed by atoms with Gasteiger partial charge in [-0.1, -0.05) is 11.3 Å². The number of nitrogens with zero attached hydrogens (tertiary/aromatic N) is 3. The summed E-state index contributed by atoms with van der Waals surface area (Å²) in [6.07, 6.45) is 0. The summed E-state index contributed by atoms with van der Waals surface area (Å²) in [7, 11) is 5.41. The highest BCUT2D eigenvalue weighted by atomic mass is 35.5. The molecular formula is C20H22ClF2N3O2S2. The van der Waals surface area contributed by atoms with Crippen LogP contribution >= 0.6 is 35.5 Å². The molecule has 1 aromatic heterocycles. The van der Waals surface area contributed by atoms with Crippen LogP contribution in [0.4, 0.5) is 13.9 Å². The first kappa shape index (κ1) is 24.3. The molecule has 0 saturated carbocycles. The maximum atomic E-state index is 14.0. The van der Waals surface area contributed by atoms with E-state index in [0.29, 0.717) is 22.9 Å². The van der Waals surface area contributed by atoms with E-state index < -0.39 is 11.6 Å². The van der Waals surface area contributed by atoms with Crippen LogP contribution in [0.1, 0.15) is 0 Å². The minimum absolute atomic E-state index is 0. The van der Waals surface area contributed by atoms with Crippen molar-refractivity contribution in [2.75, 3.05) is 44.9 Å². The standard InChI is InChI=1S/C20H21F2N3O2S2.ClH/c1-24(2)8-9-25(18(26)12-28-15-6-4-14(27-3)5-7-15)20-23-19-16(22)10-13(21)11-17(19)29-20;/h4-7,10-11H,8-9,12H2,1-3H3;1H. The molecule has 1 amide bonds. The van der Waals surface area contributed by atoms with E-state index in [0.717, 1.165) is 28.0 Å². The van der Waals surface area contributed by atoms with Gasteiger partial charge < -0.3 is 9.64 Å². The largest absolute Gasteiger partial charge is 0.497 e.